The van der Waals surface area contributed by atoms with E-state index in [-0.39, 0.29) is 0 Å². The van der Waals surface area contributed by atoms with Gasteiger partial charge >= 0.3 is 0 Å². The highest BCUT2D eigenvalue weighted by atomic mass is 35.5. The Kier molecular flexibility index (Phi) is 5.25. The van der Waals surface area contributed by atoms with Crippen LogP contribution in [0.25, 0.3) is 0 Å². The van der Waals surface area contributed by atoms with Gasteiger partial charge in [-0.3, -0.25) is 0 Å². The number of halogens is 1. The minimum Gasteiger partial charge on any atom is -0.195 e. The van der Waals surface area contributed by atoms with Crippen LogP contribution in [0.2, 0.25) is 4.34 Å². The van der Waals surface area contributed by atoms with E-state index in [0.717, 1.165) is 24.1 Å². The Morgan fingerprint density at radius 3 is 2.53 bits per heavy atom. The molecule has 4 nitrogen and oxygen atoms in total. The molecule has 7 heteroatoms. The Labute approximate surface area is 124 Å². The number of piperidine rings is 1. The van der Waals surface area contributed by atoms with Gasteiger partial charge < -0.3 is 0 Å². The van der Waals surface area contributed by atoms with E-state index in [1.165, 1.54) is 15.6 Å². The molecule has 0 bridgehead atoms. The van der Waals surface area contributed by atoms with Crippen LogP contribution in [0.15, 0.2) is 12.1 Å². The van der Waals surface area contributed by atoms with Crippen molar-refractivity contribution >= 4 is 33.1 Å². The van der Waals surface area contributed by atoms with Crippen molar-refractivity contribution in [1.29, 1.82) is 0 Å². The number of rotatable bonds is 5. The van der Waals surface area contributed by atoms with Crippen LogP contribution >= 0.6 is 22.9 Å². The lowest BCUT2D eigenvalue weighted by atomic mass is 10.2. The van der Waals surface area contributed by atoms with E-state index in [2.05, 4.69) is 0 Å². The van der Waals surface area contributed by atoms with E-state index in [1.807, 2.05) is 19.1 Å². The van der Waals surface area contributed by atoms with E-state index in [4.69, 9.17) is 11.6 Å². The van der Waals surface area contributed by atoms with Crippen molar-refractivity contribution in [2.45, 2.75) is 32.7 Å². The Morgan fingerprint density at radius 1 is 1.32 bits per heavy atom. The van der Waals surface area contributed by atoms with Crippen molar-refractivity contribution in [3.63, 3.8) is 0 Å². The molecule has 1 saturated heterocycles. The maximum absolute atomic E-state index is 12.6. The first-order chi connectivity index (χ1) is 9.04. The molecule has 1 aromatic heterocycles. The fourth-order valence-corrected chi connectivity index (χ4v) is 5.09. The Balaban J connectivity index is 2.11. The van der Waals surface area contributed by atoms with E-state index in [1.54, 1.807) is 4.31 Å². The van der Waals surface area contributed by atoms with Crippen LogP contribution < -0.4 is 0 Å². The molecule has 1 aromatic rings. The standard InChI is InChI=1S/C12H19ClN2O2S2/c1-2-14(10-11-6-7-12(13)18-11)19(16,17)15-8-4-3-5-9-15/h6-7H,2-5,8-10H2,1H3. The van der Waals surface area contributed by atoms with Gasteiger partial charge in [0, 0.05) is 31.1 Å². The third-order valence-electron chi connectivity index (χ3n) is 3.28. The normalized spacial score (nSPS) is 18.1. The zero-order valence-corrected chi connectivity index (χ0v) is 13.4. The Hall–Kier alpha value is -0.140. The molecule has 108 valence electrons. The topological polar surface area (TPSA) is 40.6 Å². The van der Waals surface area contributed by atoms with Crippen LogP contribution in [-0.4, -0.2) is 36.7 Å². The number of hydrogen-bond donors (Lipinski definition) is 0. The smallest absolute Gasteiger partial charge is 0.195 e. The maximum atomic E-state index is 12.6. The summed E-state index contributed by atoms with van der Waals surface area (Å²) in [5.41, 5.74) is 0. The third kappa shape index (κ3) is 3.70. The van der Waals surface area contributed by atoms with Gasteiger partial charge in [-0.1, -0.05) is 24.9 Å². The number of nitrogens with zero attached hydrogens (tertiary/aromatic N) is 2. The van der Waals surface area contributed by atoms with E-state index >= 15 is 0 Å². The predicted molar refractivity (Wildman–Crippen MR) is 79.8 cm³/mol. The fourth-order valence-electron chi connectivity index (χ4n) is 2.23. The van der Waals surface area contributed by atoms with Crippen LogP contribution in [0.1, 0.15) is 31.1 Å². The van der Waals surface area contributed by atoms with Crippen LogP contribution in [0, 0.1) is 0 Å². The molecule has 0 aromatic carbocycles. The Bertz CT molecular complexity index is 510. The summed E-state index contributed by atoms with van der Waals surface area (Å²) in [6.45, 7) is 4.05. The second kappa shape index (κ2) is 6.54. The molecule has 2 rings (SSSR count). The van der Waals surface area contributed by atoms with Crippen molar-refractivity contribution in [2.75, 3.05) is 19.6 Å². The molecule has 0 N–H and O–H groups in total. The van der Waals surface area contributed by atoms with Crippen molar-refractivity contribution in [3.05, 3.63) is 21.3 Å². The highest BCUT2D eigenvalue weighted by molar-refractivity contribution is 7.86. The van der Waals surface area contributed by atoms with Gasteiger partial charge in [-0.15, -0.1) is 11.3 Å². The summed E-state index contributed by atoms with van der Waals surface area (Å²) in [4.78, 5) is 0.979. The molecule has 1 fully saturated rings. The van der Waals surface area contributed by atoms with E-state index in [9.17, 15) is 8.42 Å². The van der Waals surface area contributed by atoms with Gasteiger partial charge in [0.15, 0.2) is 0 Å². The zero-order valence-electron chi connectivity index (χ0n) is 11.0. The molecule has 0 aliphatic carbocycles. The molecule has 1 aliphatic heterocycles. The van der Waals surface area contributed by atoms with E-state index in [0.29, 0.717) is 30.5 Å². The number of hydrogen-bond acceptors (Lipinski definition) is 3. The lowest BCUT2D eigenvalue weighted by molar-refractivity contribution is 0.304. The summed E-state index contributed by atoms with van der Waals surface area (Å²) in [5.74, 6) is 0. The van der Waals surface area contributed by atoms with Gasteiger partial charge in [0.2, 0.25) is 0 Å². The molecule has 2 heterocycles. The summed E-state index contributed by atoms with van der Waals surface area (Å²) in [5, 5.41) is 0. The zero-order chi connectivity index (χ0) is 13.9. The molecule has 0 atom stereocenters. The lowest BCUT2D eigenvalue weighted by Gasteiger charge is -2.31. The summed E-state index contributed by atoms with van der Waals surface area (Å²) in [6.07, 6.45) is 3.04. The monoisotopic (exact) mass is 322 g/mol. The quantitative estimate of drug-likeness (QED) is 0.836. The van der Waals surface area contributed by atoms with Crippen molar-refractivity contribution in [2.24, 2.45) is 0 Å². The lowest BCUT2D eigenvalue weighted by Crippen LogP contribution is -2.45. The highest BCUT2D eigenvalue weighted by Gasteiger charge is 2.29. The average Bonchev–Trinajstić information content (AvgIpc) is 2.82. The van der Waals surface area contributed by atoms with Gasteiger partial charge in [0.25, 0.3) is 10.2 Å². The molecule has 19 heavy (non-hydrogen) atoms. The van der Waals surface area contributed by atoms with E-state index < -0.39 is 10.2 Å². The SMILES string of the molecule is CCN(Cc1ccc(Cl)s1)S(=O)(=O)N1CCCCC1. The molecule has 0 unspecified atom stereocenters. The average molecular weight is 323 g/mol. The molecule has 0 saturated carbocycles. The van der Waals surface area contributed by atoms with Crippen molar-refractivity contribution < 1.29 is 8.42 Å². The van der Waals surface area contributed by atoms with Crippen LogP contribution in [0.5, 0.6) is 0 Å². The second-order valence-electron chi connectivity index (χ2n) is 4.60. The summed E-state index contributed by atoms with van der Waals surface area (Å²) in [6, 6.07) is 3.70. The first kappa shape index (κ1) is 15.3. The van der Waals surface area contributed by atoms with Gasteiger partial charge in [-0.05, 0) is 25.0 Å². The van der Waals surface area contributed by atoms with Crippen LogP contribution in [0.4, 0.5) is 0 Å². The maximum Gasteiger partial charge on any atom is 0.282 e. The highest BCUT2D eigenvalue weighted by Crippen LogP contribution is 2.25. The van der Waals surface area contributed by atoms with Crippen LogP contribution in [0.3, 0.4) is 0 Å². The summed E-state index contributed by atoms with van der Waals surface area (Å²) >= 11 is 7.33. The first-order valence-corrected chi connectivity index (χ1v) is 9.12. The van der Waals surface area contributed by atoms with Crippen molar-refractivity contribution in [1.82, 2.24) is 8.61 Å². The predicted octanol–water partition coefficient (Wildman–Crippen LogP) is 2.95. The van der Waals surface area contributed by atoms with Gasteiger partial charge in [-0.2, -0.15) is 17.0 Å². The minimum atomic E-state index is -3.33. The minimum absolute atomic E-state index is 0.409. The van der Waals surface area contributed by atoms with Gasteiger partial charge in [0.1, 0.15) is 0 Å². The Morgan fingerprint density at radius 2 is 2.00 bits per heavy atom. The third-order valence-corrected chi connectivity index (χ3v) is 6.55. The molecular weight excluding hydrogens is 304 g/mol. The van der Waals surface area contributed by atoms with Crippen molar-refractivity contribution in [3.8, 4) is 0 Å². The number of thiophene rings is 1. The molecular formula is C12H19ClN2O2S2. The van der Waals surface area contributed by atoms with Gasteiger partial charge in [-0.25, -0.2) is 0 Å². The molecule has 0 spiro atoms. The molecule has 1 aliphatic rings. The largest absolute Gasteiger partial charge is 0.282 e. The molecule has 0 amide bonds. The van der Waals surface area contributed by atoms with Gasteiger partial charge in [0.05, 0.1) is 4.34 Å². The summed E-state index contributed by atoms with van der Waals surface area (Å²) in [7, 11) is -3.33. The first-order valence-electron chi connectivity index (χ1n) is 6.53. The fraction of sp³-hybridized carbons (Fsp3) is 0.667. The molecule has 0 radical (unpaired) electrons. The van der Waals surface area contributed by atoms with Crippen LogP contribution in [-0.2, 0) is 16.8 Å². The summed E-state index contributed by atoms with van der Waals surface area (Å²) < 4.78 is 28.9. The second-order valence-corrected chi connectivity index (χ2v) is 8.33.